The molecule has 0 bridgehead atoms. The summed E-state index contributed by atoms with van der Waals surface area (Å²) in [5.74, 6) is 0. The minimum atomic E-state index is 0.132. The molecule has 4 rings (SSSR count). The number of piperidine rings is 1. The average molecular weight is 434 g/mol. The Morgan fingerprint density at radius 2 is 1.71 bits per heavy atom. The molecule has 0 unspecified atom stereocenters. The van der Waals surface area contributed by atoms with Gasteiger partial charge in [-0.15, -0.1) is 0 Å². The predicted molar refractivity (Wildman–Crippen MR) is 117 cm³/mol. The van der Waals surface area contributed by atoms with Gasteiger partial charge in [-0.05, 0) is 37.6 Å². The van der Waals surface area contributed by atoms with Crippen LogP contribution in [0.15, 0.2) is 24.4 Å². The van der Waals surface area contributed by atoms with Crippen LogP contribution < -0.4 is 4.90 Å². The number of nitrogens with zero attached hydrogens (tertiary/aromatic N) is 4. The summed E-state index contributed by atoms with van der Waals surface area (Å²) >= 11 is 19.1. The number of hydrogen-bond donors (Lipinski definition) is 0. The smallest absolute Gasteiger partial charge is 0.227 e. The Kier molecular flexibility index (Phi) is 5.18. The van der Waals surface area contributed by atoms with Gasteiger partial charge in [-0.1, -0.05) is 34.8 Å². The molecule has 0 atom stereocenters. The zero-order valence-corrected chi connectivity index (χ0v) is 17.9. The van der Waals surface area contributed by atoms with E-state index in [9.17, 15) is 0 Å². The highest BCUT2D eigenvalue weighted by Gasteiger charge is 2.26. The number of aryl methyl sites for hydroxylation is 2. The van der Waals surface area contributed by atoms with Crippen LogP contribution in [0.5, 0.6) is 0 Å². The molecule has 0 aliphatic carbocycles. The number of aromatic nitrogens is 2. The maximum atomic E-state index is 7.28. The quantitative estimate of drug-likeness (QED) is 0.432. The van der Waals surface area contributed by atoms with Crippen LogP contribution in [-0.4, -0.2) is 28.7 Å². The van der Waals surface area contributed by atoms with Crippen LogP contribution in [0.3, 0.4) is 0 Å². The molecule has 1 aliphatic heterocycles. The third-order valence-corrected chi connectivity index (χ3v) is 6.06. The van der Waals surface area contributed by atoms with Gasteiger partial charge in [0.25, 0.3) is 0 Å². The summed E-state index contributed by atoms with van der Waals surface area (Å²) < 4.78 is 1.95. The highest BCUT2D eigenvalue weighted by atomic mass is 35.5. The second-order valence-electron chi connectivity index (χ2n) is 7.23. The Bertz CT molecular complexity index is 1080. The van der Waals surface area contributed by atoms with Crippen LogP contribution in [0.2, 0.25) is 15.1 Å². The van der Waals surface area contributed by atoms with Gasteiger partial charge in [0.2, 0.25) is 6.04 Å². The minimum absolute atomic E-state index is 0.132. The monoisotopic (exact) mass is 432 g/mol. The van der Waals surface area contributed by atoms with Crippen molar-refractivity contribution in [3.05, 3.63) is 62.1 Å². The standard InChI is InChI=1S/C21H19Cl3N4/c1-12-11-28(20-16(23)9-14(22)10-17(20)24)21-19(12)18(8-13(2)26-21)27-6-4-15(25-3)5-7-27/h8-11,15H,4-7H2,1-2H3. The van der Waals surface area contributed by atoms with Crippen molar-refractivity contribution in [2.75, 3.05) is 18.0 Å². The maximum absolute atomic E-state index is 7.28. The van der Waals surface area contributed by atoms with Gasteiger partial charge in [-0.25, -0.2) is 11.6 Å². The highest BCUT2D eigenvalue weighted by molar-refractivity contribution is 6.40. The summed E-state index contributed by atoms with van der Waals surface area (Å²) in [4.78, 5) is 10.9. The van der Waals surface area contributed by atoms with E-state index in [2.05, 4.69) is 22.7 Å². The summed E-state index contributed by atoms with van der Waals surface area (Å²) in [6, 6.07) is 5.64. The lowest BCUT2D eigenvalue weighted by atomic mass is 10.0. The molecule has 1 aliphatic rings. The van der Waals surface area contributed by atoms with Gasteiger partial charge in [0.05, 0.1) is 15.7 Å². The van der Waals surface area contributed by atoms with Gasteiger partial charge in [-0.2, -0.15) is 0 Å². The molecule has 0 spiro atoms. The van der Waals surface area contributed by atoms with Crippen molar-refractivity contribution in [3.63, 3.8) is 0 Å². The van der Waals surface area contributed by atoms with Crippen molar-refractivity contribution in [1.29, 1.82) is 0 Å². The SMILES string of the molecule is [C-]#[N+]C1CCN(c2cc(C)nc3c2c(C)cn3-c2c(Cl)cc(Cl)cc2Cl)CC1. The van der Waals surface area contributed by atoms with Crippen LogP contribution in [0.4, 0.5) is 5.69 Å². The molecule has 1 fully saturated rings. The third kappa shape index (κ3) is 3.33. The van der Waals surface area contributed by atoms with Crippen LogP contribution in [-0.2, 0) is 0 Å². The van der Waals surface area contributed by atoms with Crippen LogP contribution in [0, 0.1) is 20.4 Å². The number of halogens is 3. The Hall–Kier alpha value is -1.93. The van der Waals surface area contributed by atoms with Gasteiger partial charge in [0.15, 0.2) is 0 Å². The first-order chi connectivity index (χ1) is 13.4. The first-order valence-electron chi connectivity index (χ1n) is 9.14. The fourth-order valence-electron chi connectivity index (χ4n) is 3.93. The molecular weight excluding hydrogens is 415 g/mol. The lowest BCUT2D eigenvalue weighted by Gasteiger charge is -2.30. The summed E-state index contributed by atoms with van der Waals surface area (Å²) in [6.07, 6.45) is 3.80. The van der Waals surface area contributed by atoms with Crippen LogP contribution >= 0.6 is 34.8 Å². The van der Waals surface area contributed by atoms with Gasteiger partial charge < -0.3 is 9.74 Å². The van der Waals surface area contributed by atoms with E-state index in [-0.39, 0.29) is 6.04 Å². The van der Waals surface area contributed by atoms with E-state index in [1.54, 1.807) is 12.1 Å². The normalized spacial score (nSPS) is 15.2. The van der Waals surface area contributed by atoms with E-state index in [1.165, 1.54) is 0 Å². The number of anilines is 1. The molecule has 4 nitrogen and oxygen atoms in total. The van der Waals surface area contributed by atoms with E-state index in [0.29, 0.717) is 20.8 Å². The molecule has 0 saturated carbocycles. The van der Waals surface area contributed by atoms with E-state index in [4.69, 9.17) is 46.4 Å². The molecule has 0 amide bonds. The Labute approximate surface area is 179 Å². The van der Waals surface area contributed by atoms with Crippen molar-refractivity contribution < 1.29 is 0 Å². The van der Waals surface area contributed by atoms with Crippen molar-refractivity contribution in [2.24, 2.45) is 0 Å². The largest absolute Gasteiger partial charge is 0.370 e. The fraction of sp³-hybridized carbons (Fsp3) is 0.333. The number of benzene rings is 1. The molecule has 28 heavy (non-hydrogen) atoms. The number of hydrogen-bond acceptors (Lipinski definition) is 2. The molecule has 3 heterocycles. The molecule has 144 valence electrons. The Morgan fingerprint density at radius 3 is 2.32 bits per heavy atom. The van der Waals surface area contributed by atoms with Crippen molar-refractivity contribution in [2.45, 2.75) is 32.7 Å². The van der Waals surface area contributed by atoms with E-state index in [0.717, 1.165) is 53.9 Å². The number of pyridine rings is 1. The summed E-state index contributed by atoms with van der Waals surface area (Å²) in [7, 11) is 0. The molecule has 1 saturated heterocycles. The highest BCUT2D eigenvalue weighted by Crippen LogP contribution is 2.38. The van der Waals surface area contributed by atoms with E-state index in [1.807, 2.05) is 17.7 Å². The molecule has 0 radical (unpaired) electrons. The molecule has 2 aromatic heterocycles. The Balaban J connectivity index is 1.89. The molecule has 0 N–H and O–H groups in total. The summed E-state index contributed by atoms with van der Waals surface area (Å²) in [6.45, 7) is 13.1. The maximum Gasteiger partial charge on any atom is 0.227 e. The zero-order chi connectivity index (χ0) is 20.0. The minimum Gasteiger partial charge on any atom is -0.370 e. The first-order valence-corrected chi connectivity index (χ1v) is 10.3. The number of rotatable bonds is 2. The average Bonchev–Trinajstić information content (AvgIpc) is 2.96. The summed E-state index contributed by atoms with van der Waals surface area (Å²) in [5, 5.41) is 2.56. The first kappa shape index (κ1) is 19.4. The van der Waals surface area contributed by atoms with Gasteiger partial charge in [-0.3, -0.25) is 4.57 Å². The zero-order valence-electron chi connectivity index (χ0n) is 15.6. The predicted octanol–water partition coefficient (Wildman–Crippen LogP) is 6.49. The number of fused-ring (bicyclic) bond motifs is 1. The third-order valence-electron chi connectivity index (χ3n) is 5.26. The summed E-state index contributed by atoms with van der Waals surface area (Å²) in [5.41, 5.74) is 4.69. The topological polar surface area (TPSA) is 25.4 Å². The van der Waals surface area contributed by atoms with Crippen molar-refractivity contribution in [3.8, 4) is 5.69 Å². The van der Waals surface area contributed by atoms with Gasteiger partial charge in [0, 0.05) is 53.9 Å². The molecule has 7 heteroatoms. The van der Waals surface area contributed by atoms with Crippen LogP contribution in [0.25, 0.3) is 21.6 Å². The molecule has 1 aromatic carbocycles. The lowest BCUT2D eigenvalue weighted by molar-refractivity contribution is 0.549. The van der Waals surface area contributed by atoms with Crippen LogP contribution in [0.1, 0.15) is 24.1 Å². The fourth-order valence-corrected chi connectivity index (χ4v) is 4.93. The van der Waals surface area contributed by atoms with Gasteiger partial charge in [0.1, 0.15) is 5.65 Å². The lowest BCUT2D eigenvalue weighted by Crippen LogP contribution is -2.35. The second-order valence-corrected chi connectivity index (χ2v) is 8.48. The van der Waals surface area contributed by atoms with E-state index >= 15 is 0 Å². The Morgan fingerprint density at radius 1 is 1.07 bits per heavy atom. The molecule has 3 aromatic rings. The van der Waals surface area contributed by atoms with Crippen molar-refractivity contribution in [1.82, 2.24) is 9.55 Å². The van der Waals surface area contributed by atoms with Gasteiger partial charge >= 0.3 is 0 Å². The molecular formula is C21H19Cl3N4. The van der Waals surface area contributed by atoms with E-state index < -0.39 is 0 Å². The van der Waals surface area contributed by atoms with Crippen molar-refractivity contribution >= 4 is 51.5 Å². The second kappa shape index (κ2) is 7.48.